The first-order valence-corrected chi connectivity index (χ1v) is 12.8. The van der Waals surface area contributed by atoms with E-state index < -0.39 is 42.1 Å². The van der Waals surface area contributed by atoms with E-state index in [2.05, 4.69) is 28.9 Å². The predicted molar refractivity (Wildman–Crippen MR) is 144 cm³/mol. The van der Waals surface area contributed by atoms with Gasteiger partial charge in [-0.2, -0.15) is 0 Å². The average Bonchev–Trinajstić information content (AvgIpc) is 2.88. The zero-order valence-corrected chi connectivity index (χ0v) is 22.3. The van der Waals surface area contributed by atoms with Gasteiger partial charge in [0.15, 0.2) is 0 Å². The molecule has 0 aromatic heterocycles. The van der Waals surface area contributed by atoms with Crippen LogP contribution in [0, 0.1) is 11.6 Å². The summed E-state index contributed by atoms with van der Waals surface area (Å²) < 4.78 is 27.5. The van der Waals surface area contributed by atoms with Crippen LogP contribution in [0.3, 0.4) is 0 Å². The molecule has 0 spiro atoms. The maximum absolute atomic E-state index is 13.8. The minimum absolute atomic E-state index is 0.0324. The van der Waals surface area contributed by atoms with Crippen molar-refractivity contribution in [2.24, 2.45) is 0 Å². The average molecular weight is 564 g/mol. The minimum atomic E-state index is -1.09. The van der Waals surface area contributed by atoms with E-state index in [4.69, 9.17) is 23.2 Å². The van der Waals surface area contributed by atoms with Crippen LogP contribution < -0.4 is 16.0 Å². The van der Waals surface area contributed by atoms with Crippen molar-refractivity contribution < 1.29 is 23.5 Å². The number of carbonyl (C=O) groups excluding carboxylic acids is 2. The molecule has 2 unspecified atom stereocenters. The van der Waals surface area contributed by atoms with Gasteiger partial charge in [-0.25, -0.2) is 8.78 Å². The van der Waals surface area contributed by atoms with Gasteiger partial charge in [-0.1, -0.05) is 54.4 Å². The summed E-state index contributed by atoms with van der Waals surface area (Å²) in [6, 6.07) is 14.5. The number of hydrogen-bond acceptors (Lipinski definition) is 4. The second-order valence-corrected chi connectivity index (χ2v) is 9.65. The Morgan fingerprint density at radius 1 is 0.921 bits per heavy atom. The molecule has 0 saturated carbocycles. The van der Waals surface area contributed by atoms with Gasteiger partial charge < -0.3 is 21.1 Å². The molecule has 10 heteroatoms. The van der Waals surface area contributed by atoms with Crippen LogP contribution in [-0.2, 0) is 24.2 Å². The van der Waals surface area contributed by atoms with Gasteiger partial charge in [0.2, 0.25) is 5.91 Å². The van der Waals surface area contributed by atoms with Crippen LogP contribution >= 0.6 is 23.2 Å². The van der Waals surface area contributed by atoms with Crippen molar-refractivity contribution in [3.8, 4) is 0 Å². The Balaban J connectivity index is 1.63. The van der Waals surface area contributed by atoms with E-state index in [1.165, 1.54) is 23.8 Å². The van der Waals surface area contributed by atoms with E-state index in [1.54, 1.807) is 0 Å². The van der Waals surface area contributed by atoms with Crippen molar-refractivity contribution >= 4 is 35.0 Å². The van der Waals surface area contributed by atoms with E-state index in [9.17, 15) is 23.5 Å². The van der Waals surface area contributed by atoms with Gasteiger partial charge in [-0.05, 0) is 59.9 Å². The summed E-state index contributed by atoms with van der Waals surface area (Å²) in [7, 11) is 0. The van der Waals surface area contributed by atoms with Crippen LogP contribution in [-0.4, -0.2) is 42.2 Å². The lowest BCUT2D eigenvalue weighted by molar-refractivity contribution is -0.121. The number of carbonyl (C=O) groups is 2. The Kier molecular flexibility index (Phi) is 11.0. The lowest BCUT2D eigenvalue weighted by Crippen LogP contribution is -2.51. The van der Waals surface area contributed by atoms with Crippen molar-refractivity contribution in [1.82, 2.24) is 16.0 Å². The van der Waals surface area contributed by atoms with Crippen LogP contribution in [0.5, 0.6) is 0 Å². The fourth-order valence-electron chi connectivity index (χ4n) is 3.89. The molecule has 3 aromatic rings. The normalized spacial score (nSPS) is 12.6. The Hall–Kier alpha value is -3.04. The summed E-state index contributed by atoms with van der Waals surface area (Å²) in [5.41, 5.74) is 2.71. The van der Waals surface area contributed by atoms with Crippen molar-refractivity contribution in [2.45, 2.75) is 38.5 Å². The maximum atomic E-state index is 13.8. The maximum Gasteiger partial charge on any atom is 0.251 e. The largest absolute Gasteiger partial charge is 0.390 e. The number of aliphatic hydroxyl groups excluding tert-OH is 1. The topological polar surface area (TPSA) is 90.5 Å². The molecule has 0 saturated heterocycles. The van der Waals surface area contributed by atoms with Crippen LogP contribution in [0.1, 0.15) is 34.0 Å². The molecule has 0 aliphatic carbocycles. The van der Waals surface area contributed by atoms with Crippen LogP contribution in [0.15, 0.2) is 60.7 Å². The lowest BCUT2D eigenvalue weighted by atomic mass is 10.0. The highest BCUT2D eigenvalue weighted by molar-refractivity contribution is 6.42. The summed E-state index contributed by atoms with van der Waals surface area (Å²) in [4.78, 5) is 25.0. The molecule has 3 rings (SSSR count). The first kappa shape index (κ1) is 29.5. The van der Waals surface area contributed by atoms with E-state index in [1.807, 2.05) is 18.2 Å². The second-order valence-electron chi connectivity index (χ2n) is 8.84. The number of nitrogens with one attached hydrogen (secondary N) is 3. The summed E-state index contributed by atoms with van der Waals surface area (Å²) in [5.74, 6) is -2.65. The summed E-state index contributed by atoms with van der Waals surface area (Å²) in [6.45, 7) is 2.26. The minimum Gasteiger partial charge on any atom is -0.390 e. The second kappa shape index (κ2) is 14.2. The molecule has 0 radical (unpaired) electrons. The monoisotopic (exact) mass is 563 g/mol. The molecule has 0 heterocycles. The van der Waals surface area contributed by atoms with Gasteiger partial charge in [0.05, 0.1) is 28.7 Å². The third-order valence-corrected chi connectivity index (χ3v) is 6.60. The Bertz CT molecular complexity index is 1260. The molecular weight excluding hydrogens is 535 g/mol. The molecule has 0 bridgehead atoms. The van der Waals surface area contributed by atoms with Crippen LogP contribution in [0.2, 0.25) is 10.0 Å². The third-order valence-electron chi connectivity index (χ3n) is 5.86. The Morgan fingerprint density at radius 2 is 1.63 bits per heavy atom. The molecule has 3 aromatic carbocycles. The highest BCUT2D eigenvalue weighted by Gasteiger charge is 2.23. The molecule has 202 valence electrons. The van der Waals surface area contributed by atoms with Gasteiger partial charge in [0.1, 0.15) is 11.6 Å². The molecule has 2 atom stereocenters. The first-order chi connectivity index (χ1) is 18.1. The highest BCUT2D eigenvalue weighted by atomic mass is 35.5. The van der Waals surface area contributed by atoms with Crippen LogP contribution in [0.25, 0.3) is 0 Å². The van der Waals surface area contributed by atoms with Crippen molar-refractivity contribution in [2.75, 3.05) is 13.1 Å². The molecule has 0 aliphatic rings. The number of hydrogen-bond donors (Lipinski definition) is 4. The molecule has 0 fully saturated rings. The fraction of sp³-hybridized carbons (Fsp3) is 0.286. The SMILES string of the molecule is CCc1cccc(CNCC(O)C(Cc2cc(F)cc(F)c2)NC(=O)CNC(=O)c2ccc(Cl)c(Cl)c2)c1. The number of halogens is 4. The van der Waals surface area contributed by atoms with Gasteiger partial charge in [0, 0.05) is 24.7 Å². The van der Waals surface area contributed by atoms with E-state index in [0.717, 1.165) is 30.2 Å². The fourth-order valence-corrected chi connectivity index (χ4v) is 4.19. The number of rotatable bonds is 12. The third kappa shape index (κ3) is 9.06. The molecule has 6 nitrogen and oxygen atoms in total. The van der Waals surface area contributed by atoms with E-state index >= 15 is 0 Å². The summed E-state index contributed by atoms with van der Waals surface area (Å²) in [5, 5.41) is 19.7. The predicted octanol–water partition coefficient (Wildman–Crippen LogP) is 4.44. The summed E-state index contributed by atoms with van der Waals surface area (Å²) in [6.07, 6.45) is -0.225. The van der Waals surface area contributed by atoms with Gasteiger partial charge >= 0.3 is 0 Å². The molecular formula is C28H29Cl2F2N3O3. The van der Waals surface area contributed by atoms with Crippen molar-refractivity contribution in [3.05, 3.63) is 105 Å². The van der Waals surface area contributed by atoms with Gasteiger partial charge in [-0.15, -0.1) is 0 Å². The van der Waals surface area contributed by atoms with Crippen molar-refractivity contribution in [3.63, 3.8) is 0 Å². The summed E-state index contributed by atoms with van der Waals surface area (Å²) >= 11 is 11.8. The van der Waals surface area contributed by atoms with Gasteiger partial charge in [-0.3, -0.25) is 9.59 Å². The molecule has 38 heavy (non-hydrogen) atoms. The first-order valence-electron chi connectivity index (χ1n) is 12.1. The van der Waals surface area contributed by atoms with Crippen LogP contribution in [0.4, 0.5) is 8.78 Å². The molecule has 2 amide bonds. The standard InChI is InChI=1S/C28H29Cl2F2N3O3/c1-2-17-4-3-5-18(8-17)14-33-15-26(36)25(11-19-9-21(31)13-22(32)10-19)35-27(37)16-34-28(38)20-6-7-23(29)24(30)12-20/h3-10,12-13,25-26,33,36H,2,11,14-16H2,1H3,(H,34,38)(H,35,37). The van der Waals surface area contributed by atoms with Crippen molar-refractivity contribution in [1.29, 1.82) is 0 Å². The highest BCUT2D eigenvalue weighted by Crippen LogP contribution is 2.22. The lowest BCUT2D eigenvalue weighted by Gasteiger charge is -2.25. The van der Waals surface area contributed by atoms with E-state index in [-0.39, 0.29) is 29.1 Å². The quantitative estimate of drug-likeness (QED) is 0.262. The number of amides is 2. The number of benzene rings is 3. The molecule has 4 N–H and O–H groups in total. The Morgan fingerprint density at radius 3 is 2.32 bits per heavy atom. The number of aliphatic hydroxyl groups is 1. The zero-order valence-electron chi connectivity index (χ0n) is 20.7. The van der Waals surface area contributed by atoms with E-state index in [0.29, 0.717) is 11.6 Å². The smallest absolute Gasteiger partial charge is 0.251 e. The zero-order chi connectivity index (χ0) is 27.7. The Labute approximate surface area is 230 Å². The number of aryl methyl sites for hydroxylation is 1. The van der Waals surface area contributed by atoms with Gasteiger partial charge in [0.25, 0.3) is 5.91 Å². The molecule has 0 aliphatic heterocycles.